The van der Waals surface area contributed by atoms with E-state index in [4.69, 9.17) is 9.84 Å². The molecule has 1 aromatic rings. The zero-order valence-electron chi connectivity index (χ0n) is 9.40. The van der Waals surface area contributed by atoms with Crippen molar-refractivity contribution in [1.82, 2.24) is 0 Å². The molecule has 1 aliphatic carbocycles. The first kappa shape index (κ1) is 11.1. The Kier molecular flexibility index (Phi) is 3.25. The molecule has 2 rings (SSSR count). The van der Waals surface area contributed by atoms with Crippen molar-refractivity contribution in [3.8, 4) is 0 Å². The van der Waals surface area contributed by atoms with Crippen LogP contribution < -0.4 is 0 Å². The highest BCUT2D eigenvalue weighted by molar-refractivity contribution is 5.67. The summed E-state index contributed by atoms with van der Waals surface area (Å²) in [6.45, 7) is 0. The molecular formula is C13H16O3. The first-order valence-corrected chi connectivity index (χ1v) is 5.57. The van der Waals surface area contributed by atoms with Gasteiger partial charge >= 0.3 is 5.97 Å². The minimum absolute atomic E-state index is 0.0231. The standard InChI is InChI=1S/C13H16O3/c1-16-12(8-13(14)15)11-6-5-9-3-2-4-10(9)7-11/h5-7,12H,2-4,8H2,1H3,(H,14,15). The van der Waals surface area contributed by atoms with E-state index in [1.165, 1.54) is 17.5 Å². The summed E-state index contributed by atoms with van der Waals surface area (Å²) in [6.07, 6.45) is 3.15. The third kappa shape index (κ3) is 2.25. The van der Waals surface area contributed by atoms with Gasteiger partial charge in [0.05, 0.1) is 12.5 Å². The van der Waals surface area contributed by atoms with Crippen LogP contribution in [0.3, 0.4) is 0 Å². The largest absolute Gasteiger partial charge is 0.481 e. The zero-order valence-corrected chi connectivity index (χ0v) is 9.40. The van der Waals surface area contributed by atoms with Gasteiger partial charge in [0.15, 0.2) is 0 Å². The Morgan fingerprint density at radius 1 is 1.44 bits per heavy atom. The van der Waals surface area contributed by atoms with E-state index in [2.05, 4.69) is 12.1 Å². The van der Waals surface area contributed by atoms with E-state index in [9.17, 15) is 4.79 Å². The van der Waals surface area contributed by atoms with E-state index in [0.29, 0.717) is 0 Å². The number of hydrogen-bond acceptors (Lipinski definition) is 2. The lowest BCUT2D eigenvalue weighted by Gasteiger charge is -2.14. The molecule has 0 aromatic heterocycles. The molecule has 0 spiro atoms. The van der Waals surface area contributed by atoms with E-state index in [1.54, 1.807) is 7.11 Å². The Morgan fingerprint density at radius 2 is 2.19 bits per heavy atom. The van der Waals surface area contributed by atoms with Crippen molar-refractivity contribution < 1.29 is 14.6 Å². The quantitative estimate of drug-likeness (QED) is 0.847. The summed E-state index contributed by atoms with van der Waals surface area (Å²) in [5, 5.41) is 8.79. The van der Waals surface area contributed by atoms with E-state index >= 15 is 0 Å². The minimum atomic E-state index is -0.827. The highest BCUT2D eigenvalue weighted by Crippen LogP contribution is 2.27. The van der Waals surface area contributed by atoms with Gasteiger partial charge in [0.2, 0.25) is 0 Å². The number of carbonyl (C=O) groups is 1. The number of methoxy groups -OCH3 is 1. The Hall–Kier alpha value is -1.35. The normalized spacial score (nSPS) is 15.8. The number of rotatable bonds is 4. The molecule has 3 nitrogen and oxygen atoms in total. The van der Waals surface area contributed by atoms with Crippen molar-refractivity contribution in [3.05, 3.63) is 34.9 Å². The van der Waals surface area contributed by atoms with Gasteiger partial charge in [-0.3, -0.25) is 4.79 Å². The highest BCUT2D eigenvalue weighted by atomic mass is 16.5. The molecule has 86 valence electrons. The topological polar surface area (TPSA) is 46.5 Å². The second kappa shape index (κ2) is 4.66. The highest BCUT2D eigenvalue weighted by Gasteiger charge is 2.17. The number of carboxylic acids is 1. The number of hydrogen-bond donors (Lipinski definition) is 1. The fourth-order valence-corrected chi connectivity index (χ4v) is 2.29. The van der Waals surface area contributed by atoms with Crippen molar-refractivity contribution in [1.29, 1.82) is 0 Å². The Balaban J connectivity index is 2.21. The Bertz CT molecular complexity index is 398. The summed E-state index contributed by atoms with van der Waals surface area (Å²) < 4.78 is 5.23. The van der Waals surface area contributed by atoms with Crippen LogP contribution in [0.5, 0.6) is 0 Å². The molecule has 1 atom stereocenters. The molecule has 0 fully saturated rings. The monoisotopic (exact) mass is 220 g/mol. The van der Waals surface area contributed by atoms with Gasteiger partial charge in [0, 0.05) is 7.11 Å². The molecule has 0 bridgehead atoms. The first-order valence-electron chi connectivity index (χ1n) is 5.57. The molecule has 1 aliphatic rings. The van der Waals surface area contributed by atoms with Gasteiger partial charge in [-0.25, -0.2) is 0 Å². The maximum absolute atomic E-state index is 10.7. The number of aliphatic carboxylic acids is 1. The van der Waals surface area contributed by atoms with Crippen molar-refractivity contribution >= 4 is 5.97 Å². The molecule has 16 heavy (non-hydrogen) atoms. The van der Waals surface area contributed by atoms with Crippen molar-refractivity contribution in [2.24, 2.45) is 0 Å². The van der Waals surface area contributed by atoms with Crippen LogP contribution in [0.15, 0.2) is 18.2 Å². The first-order chi connectivity index (χ1) is 7.70. The van der Waals surface area contributed by atoms with Crippen molar-refractivity contribution in [2.75, 3.05) is 7.11 Å². The molecular weight excluding hydrogens is 204 g/mol. The molecule has 0 amide bonds. The average molecular weight is 220 g/mol. The fourth-order valence-electron chi connectivity index (χ4n) is 2.29. The average Bonchev–Trinajstić information content (AvgIpc) is 2.72. The van der Waals surface area contributed by atoms with Crippen LogP contribution in [0.1, 0.15) is 35.6 Å². The Morgan fingerprint density at radius 3 is 2.88 bits per heavy atom. The van der Waals surface area contributed by atoms with Crippen LogP contribution in [-0.4, -0.2) is 18.2 Å². The van der Waals surface area contributed by atoms with Gasteiger partial charge in [0.25, 0.3) is 0 Å². The summed E-state index contributed by atoms with van der Waals surface area (Å²) in [7, 11) is 1.56. The molecule has 1 unspecified atom stereocenters. The summed E-state index contributed by atoms with van der Waals surface area (Å²) >= 11 is 0. The second-order valence-corrected chi connectivity index (χ2v) is 4.20. The number of aryl methyl sites for hydroxylation is 2. The maximum Gasteiger partial charge on any atom is 0.306 e. The van der Waals surface area contributed by atoms with Gasteiger partial charge in [-0.15, -0.1) is 0 Å². The summed E-state index contributed by atoms with van der Waals surface area (Å²) in [5.74, 6) is -0.827. The van der Waals surface area contributed by atoms with Crippen LogP contribution in [0, 0.1) is 0 Å². The predicted octanol–water partition coefficient (Wildman–Crippen LogP) is 2.34. The minimum Gasteiger partial charge on any atom is -0.481 e. The van der Waals surface area contributed by atoms with Crippen LogP contribution >= 0.6 is 0 Å². The molecule has 1 aromatic carbocycles. The Labute approximate surface area is 95.0 Å². The van der Waals surface area contributed by atoms with Gasteiger partial charge < -0.3 is 9.84 Å². The smallest absolute Gasteiger partial charge is 0.306 e. The molecule has 0 saturated heterocycles. The molecule has 3 heteroatoms. The van der Waals surface area contributed by atoms with Crippen LogP contribution in [-0.2, 0) is 22.4 Å². The second-order valence-electron chi connectivity index (χ2n) is 4.20. The fraction of sp³-hybridized carbons (Fsp3) is 0.462. The molecule has 1 N–H and O–H groups in total. The van der Waals surface area contributed by atoms with Crippen LogP contribution in [0.25, 0.3) is 0 Å². The van der Waals surface area contributed by atoms with E-state index in [1.807, 2.05) is 6.07 Å². The van der Waals surface area contributed by atoms with E-state index in [0.717, 1.165) is 18.4 Å². The summed E-state index contributed by atoms with van der Waals surface area (Å²) in [6, 6.07) is 6.19. The number of fused-ring (bicyclic) bond motifs is 1. The van der Waals surface area contributed by atoms with Gasteiger partial charge in [-0.1, -0.05) is 18.2 Å². The van der Waals surface area contributed by atoms with E-state index in [-0.39, 0.29) is 12.5 Å². The molecule has 0 heterocycles. The zero-order chi connectivity index (χ0) is 11.5. The van der Waals surface area contributed by atoms with Crippen LogP contribution in [0.2, 0.25) is 0 Å². The number of ether oxygens (including phenoxy) is 1. The van der Waals surface area contributed by atoms with E-state index < -0.39 is 5.97 Å². The lowest BCUT2D eigenvalue weighted by Crippen LogP contribution is -2.08. The molecule has 0 radical (unpaired) electrons. The molecule has 0 saturated carbocycles. The lowest BCUT2D eigenvalue weighted by atomic mass is 10.0. The predicted molar refractivity (Wildman–Crippen MR) is 60.5 cm³/mol. The molecule has 0 aliphatic heterocycles. The SMILES string of the molecule is COC(CC(=O)O)c1ccc2c(c1)CCC2. The summed E-state index contributed by atoms with van der Waals surface area (Å²) in [4.78, 5) is 10.7. The maximum atomic E-state index is 10.7. The van der Waals surface area contributed by atoms with Gasteiger partial charge in [-0.2, -0.15) is 0 Å². The number of carboxylic acid groups (broad SMARTS) is 1. The van der Waals surface area contributed by atoms with Gasteiger partial charge in [-0.05, 0) is 36.0 Å². The lowest BCUT2D eigenvalue weighted by molar-refractivity contribution is -0.139. The third-order valence-electron chi connectivity index (χ3n) is 3.14. The van der Waals surface area contributed by atoms with Gasteiger partial charge in [0.1, 0.15) is 0 Å². The van der Waals surface area contributed by atoms with Crippen molar-refractivity contribution in [3.63, 3.8) is 0 Å². The van der Waals surface area contributed by atoms with Crippen molar-refractivity contribution in [2.45, 2.75) is 31.8 Å². The number of benzene rings is 1. The third-order valence-corrected chi connectivity index (χ3v) is 3.14. The van der Waals surface area contributed by atoms with Crippen LogP contribution in [0.4, 0.5) is 0 Å². The summed E-state index contributed by atoms with van der Waals surface area (Å²) in [5.41, 5.74) is 3.73.